The maximum Gasteiger partial charge on any atom is 0.255 e. The first-order valence-electron chi connectivity index (χ1n) is 5.53. The number of hydrogen-bond donors (Lipinski definition) is 2. The highest BCUT2D eigenvalue weighted by molar-refractivity contribution is 7.80. The highest BCUT2D eigenvalue weighted by Gasteiger charge is 2.10. The van der Waals surface area contributed by atoms with Crippen LogP contribution < -0.4 is 5.32 Å². The quantitative estimate of drug-likeness (QED) is 0.793. The molecule has 0 unspecified atom stereocenters. The number of halogens is 2. The van der Waals surface area contributed by atoms with Crippen molar-refractivity contribution in [1.29, 1.82) is 0 Å². The maximum atomic E-state index is 13.1. The first kappa shape index (κ1) is 13.9. The molecule has 98 valence electrons. The van der Waals surface area contributed by atoms with Gasteiger partial charge in [0.2, 0.25) is 0 Å². The Hall–Kier alpha value is -1.52. The number of amides is 1. The minimum Gasteiger partial charge on any atom is -0.321 e. The van der Waals surface area contributed by atoms with Crippen LogP contribution in [-0.4, -0.2) is 5.91 Å². The summed E-state index contributed by atoms with van der Waals surface area (Å²) in [6, 6.07) is 9.30. The van der Waals surface area contributed by atoms with E-state index in [-0.39, 0.29) is 10.8 Å². The molecule has 19 heavy (non-hydrogen) atoms. The van der Waals surface area contributed by atoms with Gasteiger partial charge >= 0.3 is 0 Å². The van der Waals surface area contributed by atoms with Crippen LogP contribution in [0.5, 0.6) is 0 Å². The van der Waals surface area contributed by atoms with E-state index in [1.165, 1.54) is 18.2 Å². The standard InChI is InChI=1S/C14H11ClFNOS/c1-8-2-4-10(15)12(6-8)17-14(18)9-3-5-11(16)13(19)7-9/h2-7,19H,1H3,(H,17,18). The average molecular weight is 296 g/mol. The molecular weight excluding hydrogens is 285 g/mol. The first-order valence-corrected chi connectivity index (χ1v) is 6.36. The lowest BCUT2D eigenvalue weighted by atomic mass is 10.2. The third kappa shape index (κ3) is 3.28. The van der Waals surface area contributed by atoms with Crippen molar-refractivity contribution in [2.45, 2.75) is 11.8 Å². The van der Waals surface area contributed by atoms with Crippen LogP contribution in [0.1, 0.15) is 15.9 Å². The maximum absolute atomic E-state index is 13.1. The van der Waals surface area contributed by atoms with E-state index in [1.54, 1.807) is 12.1 Å². The number of thiol groups is 1. The predicted molar refractivity (Wildman–Crippen MR) is 77.8 cm³/mol. The van der Waals surface area contributed by atoms with Crippen LogP contribution in [0.3, 0.4) is 0 Å². The average Bonchev–Trinajstić information content (AvgIpc) is 2.37. The third-order valence-corrected chi connectivity index (χ3v) is 3.25. The number of aryl methyl sites for hydroxylation is 1. The zero-order chi connectivity index (χ0) is 14.0. The number of carbonyl (C=O) groups is 1. The van der Waals surface area contributed by atoms with Gasteiger partial charge in [0.25, 0.3) is 5.91 Å². The third-order valence-electron chi connectivity index (χ3n) is 2.58. The fraction of sp³-hybridized carbons (Fsp3) is 0.0714. The first-order chi connectivity index (χ1) is 8.97. The summed E-state index contributed by atoms with van der Waals surface area (Å²) < 4.78 is 13.1. The molecule has 0 saturated heterocycles. The van der Waals surface area contributed by atoms with Gasteiger partial charge in [-0.05, 0) is 42.8 Å². The zero-order valence-corrected chi connectivity index (χ0v) is 11.7. The van der Waals surface area contributed by atoms with E-state index < -0.39 is 5.82 Å². The van der Waals surface area contributed by atoms with Gasteiger partial charge in [0.05, 0.1) is 10.7 Å². The molecule has 0 fully saturated rings. The van der Waals surface area contributed by atoms with E-state index in [4.69, 9.17) is 11.6 Å². The van der Waals surface area contributed by atoms with Gasteiger partial charge in [-0.2, -0.15) is 0 Å². The largest absolute Gasteiger partial charge is 0.321 e. The fourth-order valence-corrected chi connectivity index (χ4v) is 1.96. The minimum absolute atomic E-state index is 0.128. The van der Waals surface area contributed by atoms with E-state index in [2.05, 4.69) is 17.9 Å². The summed E-state index contributed by atoms with van der Waals surface area (Å²) in [6.07, 6.45) is 0. The van der Waals surface area contributed by atoms with Crippen LogP contribution in [0.15, 0.2) is 41.3 Å². The molecule has 2 aromatic rings. The second kappa shape index (κ2) is 5.63. The highest BCUT2D eigenvalue weighted by atomic mass is 35.5. The molecule has 0 aliphatic rings. The predicted octanol–water partition coefficient (Wildman–Crippen LogP) is 4.33. The summed E-state index contributed by atoms with van der Waals surface area (Å²) >= 11 is 9.94. The summed E-state index contributed by atoms with van der Waals surface area (Å²) in [7, 11) is 0. The van der Waals surface area contributed by atoms with E-state index in [9.17, 15) is 9.18 Å². The Morgan fingerprint density at radius 2 is 2.00 bits per heavy atom. The van der Waals surface area contributed by atoms with Crippen molar-refractivity contribution < 1.29 is 9.18 Å². The van der Waals surface area contributed by atoms with Crippen molar-refractivity contribution in [3.8, 4) is 0 Å². The van der Waals surface area contributed by atoms with Crippen LogP contribution in [0.4, 0.5) is 10.1 Å². The molecular formula is C14H11ClFNOS. The van der Waals surface area contributed by atoms with E-state index in [1.807, 2.05) is 13.0 Å². The van der Waals surface area contributed by atoms with E-state index in [0.717, 1.165) is 5.56 Å². The van der Waals surface area contributed by atoms with Gasteiger partial charge in [-0.15, -0.1) is 12.6 Å². The van der Waals surface area contributed by atoms with Crippen LogP contribution >= 0.6 is 24.2 Å². The second-order valence-electron chi connectivity index (χ2n) is 4.10. The normalized spacial score (nSPS) is 10.3. The Balaban J connectivity index is 2.25. The molecule has 0 aliphatic heterocycles. The zero-order valence-electron chi connectivity index (χ0n) is 10.1. The summed E-state index contributed by atoms with van der Waals surface area (Å²) in [5.41, 5.74) is 1.83. The van der Waals surface area contributed by atoms with Crippen molar-refractivity contribution in [3.63, 3.8) is 0 Å². The molecule has 1 amide bonds. The molecule has 5 heteroatoms. The Bertz CT molecular complexity index is 645. The van der Waals surface area contributed by atoms with E-state index in [0.29, 0.717) is 16.3 Å². The minimum atomic E-state index is -0.464. The molecule has 2 nitrogen and oxygen atoms in total. The number of carbonyl (C=O) groups excluding carboxylic acids is 1. The number of hydrogen-bond acceptors (Lipinski definition) is 2. The van der Waals surface area contributed by atoms with Gasteiger partial charge < -0.3 is 5.32 Å². The highest BCUT2D eigenvalue weighted by Crippen LogP contribution is 2.24. The molecule has 0 spiro atoms. The fourth-order valence-electron chi connectivity index (χ4n) is 1.58. The van der Waals surface area contributed by atoms with Gasteiger partial charge in [-0.1, -0.05) is 17.7 Å². The molecule has 0 heterocycles. The summed E-state index contributed by atoms with van der Waals surface area (Å²) in [5.74, 6) is -0.823. The summed E-state index contributed by atoms with van der Waals surface area (Å²) in [4.78, 5) is 12.1. The lowest BCUT2D eigenvalue weighted by Gasteiger charge is -2.08. The van der Waals surface area contributed by atoms with Crippen LogP contribution in [0, 0.1) is 12.7 Å². The molecule has 0 saturated carbocycles. The molecule has 0 radical (unpaired) electrons. The van der Waals surface area contributed by atoms with Gasteiger partial charge in [0.1, 0.15) is 5.82 Å². The lowest BCUT2D eigenvalue weighted by molar-refractivity contribution is 0.102. The van der Waals surface area contributed by atoms with Crippen molar-refractivity contribution >= 4 is 35.8 Å². The van der Waals surface area contributed by atoms with Gasteiger partial charge in [-0.25, -0.2) is 4.39 Å². The number of anilines is 1. The summed E-state index contributed by atoms with van der Waals surface area (Å²) in [5, 5.41) is 3.14. The molecule has 0 bridgehead atoms. The van der Waals surface area contributed by atoms with Gasteiger partial charge in [0, 0.05) is 10.5 Å². The molecule has 2 rings (SSSR count). The Morgan fingerprint density at radius 3 is 2.68 bits per heavy atom. The second-order valence-corrected chi connectivity index (χ2v) is 4.99. The van der Waals surface area contributed by atoms with Crippen molar-refractivity contribution in [2.24, 2.45) is 0 Å². The van der Waals surface area contributed by atoms with Crippen molar-refractivity contribution in [1.82, 2.24) is 0 Å². The molecule has 0 aliphatic carbocycles. The molecule has 2 aromatic carbocycles. The smallest absolute Gasteiger partial charge is 0.255 e. The molecule has 0 atom stereocenters. The van der Waals surface area contributed by atoms with Gasteiger partial charge in [0.15, 0.2) is 0 Å². The Morgan fingerprint density at radius 1 is 1.26 bits per heavy atom. The van der Waals surface area contributed by atoms with Crippen molar-refractivity contribution in [2.75, 3.05) is 5.32 Å². The number of nitrogens with one attached hydrogen (secondary N) is 1. The topological polar surface area (TPSA) is 29.1 Å². The van der Waals surface area contributed by atoms with Crippen LogP contribution in [0.25, 0.3) is 0 Å². The number of benzene rings is 2. The monoisotopic (exact) mass is 295 g/mol. The lowest BCUT2D eigenvalue weighted by Crippen LogP contribution is -2.12. The Labute approximate surface area is 121 Å². The Kier molecular flexibility index (Phi) is 4.12. The van der Waals surface area contributed by atoms with E-state index >= 15 is 0 Å². The van der Waals surface area contributed by atoms with Gasteiger partial charge in [-0.3, -0.25) is 4.79 Å². The summed E-state index contributed by atoms with van der Waals surface area (Å²) in [6.45, 7) is 1.90. The van der Waals surface area contributed by atoms with Crippen LogP contribution in [0.2, 0.25) is 5.02 Å². The van der Waals surface area contributed by atoms with Crippen LogP contribution in [-0.2, 0) is 0 Å². The molecule has 1 N–H and O–H groups in total. The SMILES string of the molecule is Cc1ccc(Cl)c(NC(=O)c2ccc(F)c(S)c2)c1. The molecule has 0 aromatic heterocycles. The van der Waals surface area contributed by atoms with Crippen molar-refractivity contribution in [3.05, 3.63) is 58.4 Å². The number of rotatable bonds is 2.